The van der Waals surface area contributed by atoms with Gasteiger partial charge in [-0.25, -0.2) is 0 Å². The van der Waals surface area contributed by atoms with Crippen LogP contribution in [-0.2, 0) is 0 Å². The fourth-order valence-corrected chi connectivity index (χ4v) is 4.13. The highest BCUT2D eigenvalue weighted by Gasteiger charge is 2.46. The van der Waals surface area contributed by atoms with Crippen molar-refractivity contribution in [3.05, 3.63) is 11.6 Å². The lowest BCUT2D eigenvalue weighted by Crippen LogP contribution is -2.44. The van der Waals surface area contributed by atoms with Crippen molar-refractivity contribution in [1.29, 1.82) is 5.26 Å². The first-order valence-corrected chi connectivity index (χ1v) is 8.05. The molecule has 0 aromatic rings. The average Bonchev–Trinajstić information content (AvgIpc) is 2.37. The van der Waals surface area contributed by atoms with Crippen LogP contribution in [0.15, 0.2) is 11.6 Å². The van der Waals surface area contributed by atoms with Crippen molar-refractivity contribution in [1.82, 2.24) is 0 Å². The summed E-state index contributed by atoms with van der Waals surface area (Å²) in [5.74, 6) is 0.787. The number of nitriles is 1. The van der Waals surface area contributed by atoms with Crippen molar-refractivity contribution in [3.8, 4) is 6.07 Å². The van der Waals surface area contributed by atoms with Crippen molar-refractivity contribution >= 4 is 0 Å². The first kappa shape index (κ1) is 15.6. The maximum absolute atomic E-state index is 10.9. The van der Waals surface area contributed by atoms with Gasteiger partial charge in [0.2, 0.25) is 0 Å². The van der Waals surface area contributed by atoms with Crippen LogP contribution in [0.1, 0.15) is 66.2 Å². The lowest BCUT2D eigenvalue weighted by Gasteiger charge is -2.45. The maximum Gasteiger partial charge on any atom is 0.0835 e. The van der Waals surface area contributed by atoms with Crippen LogP contribution in [0.4, 0.5) is 0 Å². The Hall–Kier alpha value is -0.810. The van der Waals surface area contributed by atoms with Crippen molar-refractivity contribution in [3.63, 3.8) is 0 Å². The number of hydrogen-bond donors (Lipinski definition) is 1. The van der Waals surface area contributed by atoms with Gasteiger partial charge in [0.1, 0.15) is 0 Å². The quantitative estimate of drug-likeness (QED) is 0.757. The van der Waals surface area contributed by atoms with Gasteiger partial charge in [-0.1, -0.05) is 32.4 Å². The van der Waals surface area contributed by atoms with Gasteiger partial charge in [-0.15, -0.1) is 0 Å². The van der Waals surface area contributed by atoms with Gasteiger partial charge in [-0.2, -0.15) is 5.26 Å². The Morgan fingerprint density at radius 1 is 1.30 bits per heavy atom. The summed E-state index contributed by atoms with van der Waals surface area (Å²) < 4.78 is 0. The van der Waals surface area contributed by atoms with E-state index in [9.17, 15) is 10.4 Å². The summed E-state index contributed by atoms with van der Waals surface area (Å²) in [4.78, 5) is 0. The molecule has 2 nitrogen and oxygen atoms in total. The van der Waals surface area contributed by atoms with Crippen LogP contribution < -0.4 is 0 Å². The molecule has 1 saturated carbocycles. The molecule has 0 aliphatic heterocycles. The molecule has 2 aliphatic rings. The molecule has 1 N–H and O–H groups in total. The topological polar surface area (TPSA) is 44.0 Å². The lowest BCUT2D eigenvalue weighted by atomic mass is 9.60. The van der Waals surface area contributed by atoms with Crippen LogP contribution in [0.5, 0.6) is 0 Å². The Morgan fingerprint density at radius 3 is 2.40 bits per heavy atom. The molecular formula is C18H29NO. The highest BCUT2D eigenvalue weighted by Crippen LogP contribution is 2.49. The van der Waals surface area contributed by atoms with E-state index in [2.05, 4.69) is 39.8 Å². The number of aliphatic hydroxyl groups is 1. The molecule has 3 atom stereocenters. The van der Waals surface area contributed by atoms with Crippen molar-refractivity contribution in [2.75, 3.05) is 0 Å². The van der Waals surface area contributed by atoms with Crippen LogP contribution in [-0.4, -0.2) is 11.2 Å². The molecular weight excluding hydrogens is 246 g/mol. The minimum absolute atomic E-state index is 0.260. The third kappa shape index (κ3) is 3.09. The zero-order valence-corrected chi connectivity index (χ0v) is 13.4. The van der Waals surface area contributed by atoms with Gasteiger partial charge in [0.05, 0.1) is 17.6 Å². The summed E-state index contributed by atoms with van der Waals surface area (Å²) in [6.45, 7) is 8.91. The van der Waals surface area contributed by atoms with E-state index in [-0.39, 0.29) is 5.92 Å². The van der Waals surface area contributed by atoms with E-state index >= 15 is 0 Å². The van der Waals surface area contributed by atoms with E-state index in [4.69, 9.17) is 0 Å². The number of allylic oxidation sites excluding steroid dienone is 2. The second-order valence-electron chi connectivity index (χ2n) is 8.07. The fourth-order valence-electron chi connectivity index (χ4n) is 4.13. The molecule has 0 spiro atoms. The molecule has 0 heterocycles. The molecule has 20 heavy (non-hydrogen) atoms. The summed E-state index contributed by atoms with van der Waals surface area (Å²) in [6.07, 6.45) is 7.63. The Kier molecular flexibility index (Phi) is 4.30. The largest absolute Gasteiger partial charge is 0.391 e. The van der Waals surface area contributed by atoms with E-state index in [0.29, 0.717) is 11.3 Å². The van der Waals surface area contributed by atoms with E-state index < -0.39 is 11.5 Å². The Labute approximate surface area is 123 Å². The standard InChI is InChI=1S/C18H29NO/c1-13-9-14(2)11-15(10-13)16(20)18(12-19)7-5-17(3,4)6-8-18/h9,13,15-16,20H,5-8,10-11H2,1-4H3. The number of nitrogens with zero attached hydrogens (tertiary/aromatic N) is 1. The number of aliphatic hydroxyl groups excluding tert-OH is 1. The molecule has 2 heteroatoms. The molecule has 0 radical (unpaired) electrons. The Morgan fingerprint density at radius 2 is 1.90 bits per heavy atom. The molecule has 0 aromatic heterocycles. The highest BCUT2D eigenvalue weighted by molar-refractivity contribution is 5.13. The summed E-state index contributed by atoms with van der Waals surface area (Å²) in [5.41, 5.74) is 1.20. The first-order valence-electron chi connectivity index (χ1n) is 8.05. The lowest BCUT2D eigenvalue weighted by molar-refractivity contribution is -0.0317. The molecule has 2 rings (SSSR count). The molecule has 2 aliphatic carbocycles. The van der Waals surface area contributed by atoms with E-state index in [0.717, 1.165) is 38.5 Å². The molecule has 0 bridgehead atoms. The monoisotopic (exact) mass is 275 g/mol. The second-order valence-corrected chi connectivity index (χ2v) is 8.07. The zero-order valence-electron chi connectivity index (χ0n) is 13.4. The van der Waals surface area contributed by atoms with Crippen molar-refractivity contribution in [2.45, 2.75) is 72.3 Å². The minimum atomic E-state index is -0.502. The molecule has 1 fully saturated rings. The SMILES string of the molecule is CC1=CC(C)CC(C(O)C2(C#N)CCC(C)(C)CC2)C1. The molecule has 112 valence electrons. The summed E-state index contributed by atoms with van der Waals surface area (Å²) in [5, 5.41) is 20.6. The van der Waals surface area contributed by atoms with E-state index in [1.54, 1.807) is 0 Å². The summed E-state index contributed by atoms with van der Waals surface area (Å²) in [7, 11) is 0. The second kappa shape index (κ2) is 5.53. The van der Waals surface area contributed by atoms with Crippen LogP contribution in [0.2, 0.25) is 0 Å². The minimum Gasteiger partial charge on any atom is -0.391 e. The Bertz CT molecular complexity index is 419. The van der Waals surface area contributed by atoms with Crippen molar-refractivity contribution in [2.24, 2.45) is 22.7 Å². The van der Waals surface area contributed by atoms with E-state index in [1.807, 2.05) is 0 Å². The zero-order chi connectivity index (χ0) is 15.0. The molecule has 3 unspecified atom stereocenters. The van der Waals surface area contributed by atoms with Crippen LogP contribution >= 0.6 is 0 Å². The Balaban J connectivity index is 2.13. The highest BCUT2D eigenvalue weighted by atomic mass is 16.3. The number of rotatable bonds is 2. The van der Waals surface area contributed by atoms with Crippen LogP contribution in [0, 0.1) is 34.0 Å². The van der Waals surface area contributed by atoms with Crippen LogP contribution in [0.3, 0.4) is 0 Å². The maximum atomic E-state index is 10.9. The van der Waals surface area contributed by atoms with Crippen LogP contribution in [0.25, 0.3) is 0 Å². The van der Waals surface area contributed by atoms with Gasteiger partial charge in [0.25, 0.3) is 0 Å². The normalized spacial score (nSPS) is 33.9. The third-order valence-corrected chi connectivity index (χ3v) is 5.56. The summed E-state index contributed by atoms with van der Waals surface area (Å²) >= 11 is 0. The van der Waals surface area contributed by atoms with Gasteiger partial charge >= 0.3 is 0 Å². The molecule has 0 saturated heterocycles. The van der Waals surface area contributed by atoms with Gasteiger partial charge in [-0.05, 0) is 62.7 Å². The smallest absolute Gasteiger partial charge is 0.0835 e. The van der Waals surface area contributed by atoms with Gasteiger partial charge in [-0.3, -0.25) is 0 Å². The fraction of sp³-hybridized carbons (Fsp3) is 0.833. The molecule has 0 aromatic carbocycles. The first-order chi connectivity index (χ1) is 9.28. The number of hydrogen-bond acceptors (Lipinski definition) is 2. The van der Waals surface area contributed by atoms with Gasteiger partial charge in [0, 0.05) is 0 Å². The van der Waals surface area contributed by atoms with Gasteiger partial charge < -0.3 is 5.11 Å². The summed E-state index contributed by atoms with van der Waals surface area (Å²) in [6, 6.07) is 2.51. The van der Waals surface area contributed by atoms with Gasteiger partial charge in [0.15, 0.2) is 0 Å². The molecule has 0 amide bonds. The average molecular weight is 275 g/mol. The predicted molar refractivity (Wildman–Crippen MR) is 81.9 cm³/mol. The third-order valence-electron chi connectivity index (χ3n) is 5.56. The van der Waals surface area contributed by atoms with E-state index in [1.165, 1.54) is 5.57 Å². The predicted octanol–water partition coefficient (Wildman–Crippen LogP) is 4.45. The van der Waals surface area contributed by atoms with Crippen molar-refractivity contribution < 1.29 is 5.11 Å².